The fourth-order valence-electron chi connectivity index (χ4n) is 2.92. The van der Waals surface area contributed by atoms with Gasteiger partial charge in [0.15, 0.2) is 6.61 Å². The smallest absolute Gasteiger partial charge is 0.437 e. The Hall–Kier alpha value is -2.90. The van der Waals surface area contributed by atoms with Crippen molar-refractivity contribution in [2.75, 3.05) is 19.7 Å². The Labute approximate surface area is 150 Å². The number of carbonyl (C=O) groups excluding carboxylic acids is 2. The molecule has 1 amide bonds. The van der Waals surface area contributed by atoms with Gasteiger partial charge in [0.2, 0.25) is 5.89 Å². The summed E-state index contributed by atoms with van der Waals surface area (Å²) >= 11 is 0. The number of aromatic nitrogens is 2. The number of esters is 1. The number of benzene rings is 1. The Balaban J connectivity index is 1.54. The first kappa shape index (κ1) is 17.9. The van der Waals surface area contributed by atoms with Crippen LogP contribution >= 0.6 is 0 Å². The van der Waals surface area contributed by atoms with Gasteiger partial charge in [-0.05, 0) is 30.9 Å². The minimum Gasteiger partial charge on any atom is -0.454 e. The molecule has 0 N–H and O–H groups in total. The van der Waals surface area contributed by atoms with Gasteiger partial charge in [0.05, 0.1) is 0 Å². The zero-order valence-corrected chi connectivity index (χ0v) is 14.6. The maximum atomic E-state index is 12.1. The van der Waals surface area contributed by atoms with Crippen LogP contribution in [0.4, 0.5) is 0 Å². The van der Waals surface area contributed by atoms with E-state index in [-0.39, 0.29) is 18.4 Å². The van der Waals surface area contributed by atoms with Crippen molar-refractivity contribution in [3.8, 4) is 11.5 Å². The minimum atomic E-state index is -0.753. The Morgan fingerprint density at radius 3 is 2.81 bits per heavy atom. The molecule has 26 heavy (non-hydrogen) atoms. The second-order valence-electron chi connectivity index (χ2n) is 6.44. The number of nitrogens with zero attached hydrogens (tertiary/aromatic N) is 3. The first-order valence-electron chi connectivity index (χ1n) is 8.59. The molecular formula is C18H21N3O5. The summed E-state index contributed by atoms with van der Waals surface area (Å²) in [6.07, 6.45) is 2.06. The molecule has 2 heterocycles. The van der Waals surface area contributed by atoms with Crippen LogP contribution < -0.4 is 5.76 Å². The zero-order valence-electron chi connectivity index (χ0n) is 14.6. The predicted octanol–water partition coefficient (Wildman–Crippen LogP) is 1.30. The van der Waals surface area contributed by atoms with Gasteiger partial charge in [-0.15, -0.1) is 5.10 Å². The molecule has 0 spiro atoms. The molecule has 1 aliphatic rings. The van der Waals surface area contributed by atoms with Crippen molar-refractivity contribution >= 4 is 11.9 Å². The molecule has 0 radical (unpaired) electrons. The van der Waals surface area contributed by atoms with E-state index in [9.17, 15) is 14.4 Å². The van der Waals surface area contributed by atoms with E-state index in [2.05, 4.69) is 12.0 Å². The molecule has 0 unspecified atom stereocenters. The molecule has 1 atom stereocenters. The number of hydrogen-bond acceptors (Lipinski definition) is 6. The molecular weight excluding hydrogens is 338 g/mol. The van der Waals surface area contributed by atoms with Crippen LogP contribution in [0.5, 0.6) is 0 Å². The van der Waals surface area contributed by atoms with Crippen molar-refractivity contribution in [3.63, 3.8) is 0 Å². The van der Waals surface area contributed by atoms with Crippen molar-refractivity contribution in [1.29, 1.82) is 0 Å². The maximum absolute atomic E-state index is 12.1. The molecule has 0 saturated carbocycles. The van der Waals surface area contributed by atoms with E-state index in [1.54, 1.807) is 29.2 Å². The van der Waals surface area contributed by atoms with E-state index in [1.165, 1.54) is 0 Å². The summed E-state index contributed by atoms with van der Waals surface area (Å²) in [7, 11) is 0. The molecule has 0 aliphatic carbocycles. The lowest BCUT2D eigenvalue weighted by Gasteiger charge is -2.30. The van der Waals surface area contributed by atoms with Crippen molar-refractivity contribution in [2.24, 2.45) is 5.92 Å². The number of carbonyl (C=O) groups is 2. The molecule has 2 aromatic rings. The van der Waals surface area contributed by atoms with Gasteiger partial charge in [0.1, 0.15) is 6.54 Å². The number of hydrogen-bond donors (Lipinski definition) is 0. The van der Waals surface area contributed by atoms with Crippen molar-refractivity contribution in [2.45, 2.75) is 26.3 Å². The quantitative estimate of drug-likeness (QED) is 0.747. The molecule has 1 aromatic carbocycles. The highest BCUT2D eigenvalue weighted by atomic mass is 16.5. The molecule has 1 aliphatic heterocycles. The zero-order chi connectivity index (χ0) is 18.5. The van der Waals surface area contributed by atoms with Gasteiger partial charge in [-0.2, -0.15) is 4.68 Å². The van der Waals surface area contributed by atoms with Crippen molar-refractivity contribution in [1.82, 2.24) is 14.7 Å². The van der Waals surface area contributed by atoms with Crippen molar-refractivity contribution < 1.29 is 18.7 Å². The fourth-order valence-corrected chi connectivity index (χ4v) is 2.92. The maximum Gasteiger partial charge on any atom is 0.437 e. The lowest BCUT2D eigenvalue weighted by molar-refractivity contribution is -0.153. The lowest BCUT2D eigenvalue weighted by Crippen LogP contribution is -2.41. The normalized spacial score (nSPS) is 17.1. The Kier molecular flexibility index (Phi) is 5.50. The number of likely N-dealkylation sites (tertiary alicyclic amines) is 1. The first-order chi connectivity index (χ1) is 12.5. The van der Waals surface area contributed by atoms with Crippen LogP contribution in [0, 0.1) is 5.92 Å². The SMILES string of the molecule is C[C@@H]1CCCN(C(=O)COC(=O)Cn2nc(-c3ccccc3)oc2=O)C1. The minimum absolute atomic E-state index is 0.127. The summed E-state index contributed by atoms with van der Waals surface area (Å²) < 4.78 is 10.9. The van der Waals surface area contributed by atoms with E-state index >= 15 is 0 Å². The summed E-state index contributed by atoms with van der Waals surface area (Å²) in [6, 6.07) is 8.89. The van der Waals surface area contributed by atoms with Gasteiger partial charge in [-0.3, -0.25) is 9.59 Å². The molecule has 1 saturated heterocycles. The van der Waals surface area contributed by atoms with Crippen LogP contribution in [0.25, 0.3) is 11.5 Å². The third kappa shape index (κ3) is 4.38. The van der Waals surface area contributed by atoms with Crippen LogP contribution in [0.3, 0.4) is 0 Å². The molecule has 0 bridgehead atoms. The predicted molar refractivity (Wildman–Crippen MR) is 92.1 cm³/mol. The Morgan fingerprint density at radius 1 is 1.31 bits per heavy atom. The Morgan fingerprint density at radius 2 is 2.08 bits per heavy atom. The van der Waals surface area contributed by atoms with Crippen LogP contribution in [-0.2, 0) is 20.9 Å². The molecule has 138 valence electrons. The number of amides is 1. The summed E-state index contributed by atoms with van der Waals surface area (Å²) in [6.45, 7) is 2.72. The van der Waals surface area contributed by atoms with E-state index < -0.39 is 18.3 Å². The highest BCUT2D eigenvalue weighted by Gasteiger charge is 2.22. The number of ether oxygens (including phenoxy) is 1. The van der Waals surface area contributed by atoms with Gasteiger partial charge in [0, 0.05) is 18.7 Å². The fraction of sp³-hybridized carbons (Fsp3) is 0.444. The molecule has 8 heteroatoms. The standard InChI is InChI=1S/C18H21N3O5/c1-13-6-5-9-20(10-13)15(22)12-25-16(23)11-21-18(24)26-17(19-21)14-7-3-2-4-8-14/h2-4,7-8,13H,5-6,9-12H2,1H3/t13-/m1/s1. The first-order valence-corrected chi connectivity index (χ1v) is 8.59. The summed E-state index contributed by atoms with van der Waals surface area (Å²) in [5.74, 6) is -1.10. The monoisotopic (exact) mass is 359 g/mol. The van der Waals surface area contributed by atoms with Gasteiger partial charge in [0.25, 0.3) is 5.91 Å². The van der Waals surface area contributed by atoms with E-state index in [0.29, 0.717) is 24.6 Å². The van der Waals surface area contributed by atoms with Crippen LogP contribution in [0.1, 0.15) is 19.8 Å². The van der Waals surface area contributed by atoms with Gasteiger partial charge >= 0.3 is 11.7 Å². The second-order valence-corrected chi connectivity index (χ2v) is 6.44. The van der Waals surface area contributed by atoms with E-state index in [4.69, 9.17) is 9.15 Å². The van der Waals surface area contributed by atoms with Crippen LogP contribution in [0.15, 0.2) is 39.5 Å². The van der Waals surface area contributed by atoms with Gasteiger partial charge in [-0.25, -0.2) is 4.79 Å². The number of rotatable bonds is 5. The molecule has 3 rings (SSSR count). The number of piperidine rings is 1. The molecule has 1 aromatic heterocycles. The van der Waals surface area contributed by atoms with Gasteiger partial charge < -0.3 is 14.1 Å². The summed E-state index contributed by atoms with van der Waals surface area (Å²) in [5, 5.41) is 3.99. The van der Waals surface area contributed by atoms with Crippen molar-refractivity contribution in [3.05, 3.63) is 40.9 Å². The topological polar surface area (TPSA) is 94.6 Å². The highest BCUT2D eigenvalue weighted by Crippen LogP contribution is 2.16. The largest absolute Gasteiger partial charge is 0.454 e. The van der Waals surface area contributed by atoms with E-state index in [0.717, 1.165) is 17.5 Å². The second kappa shape index (κ2) is 7.99. The summed E-state index contributed by atoms with van der Waals surface area (Å²) in [5.41, 5.74) is 0.631. The lowest BCUT2D eigenvalue weighted by atomic mass is 10.0. The van der Waals surface area contributed by atoms with Gasteiger partial charge in [-0.1, -0.05) is 25.1 Å². The van der Waals surface area contributed by atoms with E-state index in [1.807, 2.05) is 6.07 Å². The molecule has 8 nitrogen and oxygen atoms in total. The average molecular weight is 359 g/mol. The van der Waals surface area contributed by atoms with Crippen LogP contribution in [-0.4, -0.2) is 46.3 Å². The summed E-state index contributed by atoms with van der Waals surface area (Å²) in [4.78, 5) is 37.6. The average Bonchev–Trinajstić information content (AvgIpc) is 3.01. The third-order valence-electron chi connectivity index (χ3n) is 4.27. The third-order valence-corrected chi connectivity index (χ3v) is 4.27. The van der Waals surface area contributed by atoms with Crippen LogP contribution in [0.2, 0.25) is 0 Å². The molecule has 1 fully saturated rings. The Bertz CT molecular complexity index is 827. The highest BCUT2D eigenvalue weighted by molar-refractivity contribution is 5.80.